The summed E-state index contributed by atoms with van der Waals surface area (Å²) in [4.78, 5) is 10.6. The Hall–Kier alpha value is -0.320. The minimum atomic E-state index is -0.00276. The van der Waals surface area contributed by atoms with E-state index >= 15 is 0 Å². The van der Waals surface area contributed by atoms with E-state index in [0.29, 0.717) is 26.2 Å². The average molecular weight is 183 g/mol. The zero-order chi connectivity index (χ0) is 7.82. The van der Waals surface area contributed by atoms with Crippen LogP contribution in [0.15, 0.2) is 0 Å². The molecule has 5 heteroatoms. The van der Waals surface area contributed by atoms with Crippen molar-refractivity contribution in [2.24, 2.45) is 5.73 Å². The van der Waals surface area contributed by atoms with E-state index in [9.17, 15) is 4.79 Å². The zero-order valence-corrected chi connectivity index (χ0v) is 7.45. The van der Waals surface area contributed by atoms with Crippen molar-refractivity contribution in [1.82, 2.24) is 5.32 Å². The smallest absolute Gasteiger partial charge is 0.222 e. The summed E-state index contributed by atoms with van der Waals surface area (Å²) in [7, 11) is 1.60. The first-order chi connectivity index (χ1) is 4.81. The predicted molar refractivity (Wildman–Crippen MR) is 45.8 cm³/mol. The molecule has 0 atom stereocenters. The molecule has 0 aliphatic carbocycles. The minimum Gasteiger partial charge on any atom is -0.380 e. The van der Waals surface area contributed by atoms with Gasteiger partial charge in [0.2, 0.25) is 5.91 Å². The second-order valence-electron chi connectivity index (χ2n) is 1.82. The lowest BCUT2D eigenvalue weighted by molar-refractivity contribution is -0.121. The van der Waals surface area contributed by atoms with Crippen molar-refractivity contribution < 1.29 is 9.53 Å². The van der Waals surface area contributed by atoms with Crippen LogP contribution in [0.4, 0.5) is 0 Å². The maximum absolute atomic E-state index is 10.6. The fourth-order valence-electron chi connectivity index (χ4n) is 0.475. The van der Waals surface area contributed by atoms with Crippen LogP contribution in [0.1, 0.15) is 6.42 Å². The molecule has 0 spiro atoms. The van der Waals surface area contributed by atoms with Crippen molar-refractivity contribution in [3.63, 3.8) is 0 Å². The summed E-state index contributed by atoms with van der Waals surface area (Å²) in [5.74, 6) is -0.00276. The van der Waals surface area contributed by atoms with E-state index in [1.165, 1.54) is 0 Å². The second kappa shape index (κ2) is 9.68. The number of ether oxygens (including phenoxy) is 1. The van der Waals surface area contributed by atoms with Crippen molar-refractivity contribution in [2.45, 2.75) is 6.42 Å². The fraction of sp³-hybridized carbons (Fsp3) is 0.833. The van der Waals surface area contributed by atoms with Gasteiger partial charge in [-0.1, -0.05) is 0 Å². The molecule has 0 unspecified atom stereocenters. The van der Waals surface area contributed by atoms with E-state index < -0.39 is 0 Å². The Morgan fingerprint density at radius 3 is 2.64 bits per heavy atom. The quantitative estimate of drug-likeness (QED) is 0.565. The van der Waals surface area contributed by atoms with E-state index in [1.807, 2.05) is 0 Å². The fourth-order valence-corrected chi connectivity index (χ4v) is 0.475. The third kappa shape index (κ3) is 9.68. The summed E-state index contributed by atoms with van der Waals surface area (Å²) in [6, 6.07) is 0. The van der Waals surface area contributed by atoms with Crippen LogP contribution in [0.5, 0.6) is 0 Å². The van der Waals surface area contributed by atoms with Gasteiger partial charge in [-0.25, -0.2) is 0 Å². The summed E-state index contributed by atoms with van der Waals surface area (Å²) in [5, 5.41) is 2.49. The predicted octanol–water partition coefficient (Wildman–Crippen LogP) is -0.480. The number of rotatable bonds is 5. The molecule has 0 aromatic rings. The molecule has 0 saturated heterocycles. The van der Waals surface area contributed by atoms with Gasteiger partial charge in [-0.2, -0.15) is 0 Å². The number of halogens is 1. The van der Waals surface area contributed by atoms with Gasteiger partial charge in [-0.15, -0.1) is 12.4 Å². The first-order valence-electron chi connectivity index (χ1n) is 3.29. The first-order valence-corrected chi connectivity index (χ1v) is 3.29. The van der Waals surface area contributed by atoms with Crippen LogP contribution in [0.2, 0.25) is 0 Å². The molecule has 0 saturated carbocycles. The summed E-state index contributed by atoms with van der Waals surface area (Å²) in [5.41, 5.74) is 5.15. The van der Waals surface area contributed by atoms with Gasteiger partial charge in [-0.05, 0) is 0 Å². The first kappa shape index (κ1) is 13.3. The third-order valence-electron chi connectivity index (χ3n) is 1.01. The lowest BCUT2D eigenvalue weighted by Gasteiger charge is -2.00. The van der Waals surface area contributed by atoms with Gasteiger partial charge in [0.1, 0.15) is 0 Å². The molecule has 0 radical (unpaired) electrons. The standard InChI is InChI=1S/C6H14N2O2.ClH/c1-8-6(9)2-4-10-5-3-7;/h2-5,7H2,1H3,(H,8,9);1H. The molecule has 0 bridgehead atoms. The van der Waals surface area contributed by atoms with Crippen LogP contribution >= 0.6 is 12.4 Å². The van der Waals surface area contributed by atoms with Crippen LogP contribution in [0.25, 0.3) is 0 Å². The number of amides is 1. The summed E-state index contributed by atoms with van der Waals surface area (Å²) in [6.07, 6.45) is 0.413. The maximum atomic E-state index is 10.6. The SMILES string of the molecule is CNC(=O)CCOCCN.Cl. The molecule has 0 fully saturated rings. The van der Waals surface area contributed by atoms with Gasteiger partial charge in [0, 0.05) is 20.0 Å². The van der Waals surface area contributed by atoms with Crippen molar-refractivity contribution in [1.29, 1.82) is 0 Å². The summed E-state index contributed by atoms with van der Waals surface area (Å²) in [6.45, 7) is 1.49. The summed E-state index contributed by atoms with van der Waals surface area (Å²) >= 11 is 0. The van der Waals surface area contributed by atoms with Crippen LogP contribution in [0.3, 0.4) is 0 Å². The molecule has 0 aromatic carbocycles. The third-order valence-corrected chi connectivity index (χ3v) is 1.01. The van der Waals surface area contributed by atoms with Crippen molar-refractivity contribution in [3.05, 3.63) is 0 Å². The summed E-state index contributed by atoms with van der Waals surface area (Å²) < 4.78 is 4.97. The molecule has 4 nitrogen and oxygen atoms in total. The highest BCUT2D eigenvalue weighted by molar-refractivity contribution is 5.85. The number of nitrogens with two attached hydrogens (primary N) is 1. The van der Waals surface area contributed by atoms with Gasteiger partial charge in [0.05, 0.1) is 13.2 Å². The molecule has 0 heterocycles. The minimum absolute atomic E-state index is 0. The number of nitrogens with one attached hydrogen (secondary N) is 1. The van der Waals surface area contributed by atoms with E-state index in [-0.39, 0.29) is 18.3 Å². The molecule has 0 aliphatic heterocycles. The largest absolute Gasteiger partial charge is 0.380 e. The molecular formula is C6H15ClN2O2. The van der Waals surface area contributed by atoms with Crippen molar-refractivity contribution in [2.75, 3.05) is 26.8 Å². The van der Waals surface area contributed by atoms with E-state index in [4.69, 9.17) is 10.5 Å². The highest BCUT2D eigenvalue weighted by Crippen LogP contribution is 1.80. The van der Waals surface area contributed by atoms with Gasteiger partial charge in [0.25, 0.3) is 0 Å². The highest BCUT2D eigenvalue weighted by atomic mass is 35.5. The number of carbonyl (C=O) groups is 1. The van der Waals surface area contributed by atoms with E-state index in [1.54, 1.807) is 7.05 Å². The molecule has 68 valence electrons. The lowest BCUT2D eigenvalue weighted by atomic mass is 10.4. The molecule has 0 aromatic heterocycles. The Bertz CT molecular complexity index is 101. The zero-order valence-electron chi connectivity index (χ0n) is 6.63. The average Bonchev–Trinajstić information content (AvgIpc) is 1.98. The lowest BCUT2D eigenvalue weighted by Crippen LogP contribution is -2.20. The Balaban J connectivity index is 0. The van der Waals surface area contributed by atoms with Gasteiger partial charge in [0.15, 0.2) is 0 Å². The Morgan fingerprint density at radius 1 is 1.55 bits per heavy atom. The van der Waals surface area contributed by atoms with Crippen LogP contribution in [0, 0.1) is 0 Å². The molecule has 1 amide bonds. The molecule has 0 rings (SSSR count). The van der Waals surface area contributed by atoms with Crippen LogP contribution in [-0.2, 0) is 9.53 Å². The number of hydrogen-bond acceptors (Lipinski definition) is 3. The topological polar surface area (TPSA) is 64.3 Å². The number of hydrogen-bond donors (Lipinski definition) is 2. The van der Waals surface area contributed by atoms with Crippen LogP contribution in [-0.4, -0.2) is 32.7 Å². The van der Waals surface area contributed by atoms with E-state index in [2.05, 4.69) is 5.32 Å². The maximum Gasteiger partial charge on any atom is 0.222 e. The van der Waals surface area contributed by atoms with Crippen molar-refractivity contribution >= 4 is 18.3 Å². The Kier molecular flexibility index (Phi) is 11.7. The molecule has 0 aliphatic rings. The number of carbonyl (C=O) groups excluding carboxylic acids is 1. The van der Waals surface area contributed by atoms with Gasteiger partial charge < -0.3 is 15.8 Å². The van der Waals surface area contributed by atoms with Gasteiger partial charge >= 0.3 is 0 Å². The molecular weight excluding hydrogens is 168 g/mol. The normalized spacial score (nSPS) is 8.55. The second-order valence-corrected chi connectivity index (χ2v) is 1.82. The van der Waals surface area contributed by atoms with E-state index in [0.717, 1.165) is 0 Å². The molecule has 3 N–H and O–H groups in total. The monoisotopic (exact) mass is 182 g/mol. The van der Waals surface area contributed by atoms with Crippen LogP contribution < -0.4 is 11.1 Å². The van der Waals surface area contributed by atoms with Crippen molar-refractivity contribution in [3.8, 4) is 0 Å². The highest BCUT2D eigenvalue weighted by Gasteiger charge is 1.95. The Labute approximate surface area is 72.9 Å². The Morgan fingerprint density at radius 2 is 2.18 bits per heavy atom. The van der Waals surface area contributed by atoms with Gasteiger partial charge in [-0.3, -0.25) is 4.79 Å². The molecule has 11 heavy (non-hydrogen) atoms.